The molecule has 0 heterocycles. The van der Waals surface area contributed by atoms with Gasteiger partial charge in [-0.1, -0.05) is 27.7 Å². The molecule has 0 saturated carbocycles. The van der Waals surface area contributed by atoms with Crippen molar-refractivity contribution in [2.45, 2.75) is 39.8 Å². The van der Waals surface area contributed by atoms with Crippen LogP contribution in [-0.4, -0.2) is 36.0 Å². The summed E-state index contributed by atoms with van der Waals surface area (Å²) in [6.07, 6.45) is 0. The van der Waals surface area contributed by atoms with E-state index in [1.54, 1.807) is 0 Å². The van der Waals surface area contributed by atoms with Gasteiger partial charge in [-0.2, -0.15) is 0 Å². The van der Waals surface area contributed by atoms with Crippen molar-refractivity contribution in [2.75, 3.05) is 0 Å². The molecule has 0 N–H and O–H groups in total. The van der Waals surface area contributed by atoms with Crippen molar-refractivity contribution >= 4 is 18.9 Å². The Morgan fingerprint density at radius 3 is 1.20 bits per heavy atom. The van der Waals surface area contributed by atoms with Crippen molar-refractivity contribution in [3.8, 4) is 0 Å². The molecular weight excluding hydrogens is 132 g/mol. The van der Waals surface area contributed by atoms with Gasteiger partial charge in [0.1, 0.15) is 0 Å². The van der Waals surface area contributed by atoms with Gasteiger partial charge in [0, 0.05) is 0 Å². The normalized spacial score (nSPS) is 9.60. The molecule has 0 aliphatic heterocycles. The van der Waals surface area contributed by atoms with Crippen LogP contribution in [-0.2, 0) is 0 Å². The fourth-order valence-corrected chi connectivity index (χ4v) is 0.596. The van der Waals surface area contributed by atoms with Crippen molar-refractivity contribution in [3.05, 3.63) is 5.21 Å². The molecule has 2 nitrogen and oxygen atoms in total. The standard InChI is InChI=1S/C6H14NO.Li.Na.H/c1-5(2)7(8)6(3)4;;;/h5-6H,1-4H3;;;/q-1;;+1;. The largest absolute Gasteiger partial charge is 1.00 e. The van der Waals surface area contributed by atoms with Gasteiger partial charge >= 0.3 is 48.4 Å². The Hall–Kier alpha value is 1.52. The molecule has 0 radical (unpaired) electrons. The third kappa shape index (κ3) is 7.62. The molecule has 0 saturated heterocycles. The second kappa shape index (κ2) is 8.61. The Morgan fingerprint density at radius 2 is 1.20 bits per heavy atom. The summed E-state index contributed by atoms with van der Waals surface area (Å²) >= 11 is 0. The molecule has 52 valence electrons. The minimum absolute atomic E-state index is 0. The molecule has 4 heteroatoms. The zero-order chi connectivity index (χ0) is 6.73. The Kier molecular flexibility index (Phi) is 15.1. The number of hydroxylamine groups is 2. The summed E-state index contributed by atoms with van der Waals surface area (Å²) in [5, 5.41) is 11.8. The molecule has 10 heavy (non-hydrogen) atoms. The Labute approximate surface area is 97.8 Å². The molecule has 0 rings (SSSR count). The SMILES string of the molecule is CC(C)N([O-])C(C)C.[LiH].[Na+]. The number of hydrogen-bond acceptors (Lipinski definition) is 2. The van der Waals surface area contributed by atoms with Gasteiger partial charge in [0.15, 0.2) is 0 Å². The average Bonchev–Trinajstić information content (AvgIpc) is 1.64. The van der Waals surface area contributed by atoms with Crippen molar-refractivity contribution in [3.63, 3.8) is 0 Å². The molecule has 0 bridgehead atoms. The molecule has 0 atom stereocenters. The zero-order valence-electron chi connectivity index (χ0n) is 7.01. The van der Waals surface area contributed by atoms with Crippen molar-refractivity contribution in [1.82, 2.24) is 5.06 Å². The van der Waals surface area contributed by atoms with Crippen LogP contribution in [0.2, 0.25) is 0 Å². The van der Waals surface area contributed by atoms with E-state index in [9.17, 15) is 5.21 Å². The van der Waals surface area contributed by atoms with Gasteiger partial charge in [-0.25, -0.2) is 0 Å². The molecular formula is C6H15LiNNaO. The van der Waals surface area contributed by atoms with E-state index < -0.39 is 0 Å². The van der Waals surface area contributed by atoms with E-state index in [1.165, 1.54) is 0 Å². The molecule has 0 aliphatic carbocycles. The maximum atomic E-state index is 10.8. The molecule has 0 aromatic carbocycles. The van der Waals surface area contributed by atoms with Gasteiger partial charge in [-0.05, 0) is 12.1 Å². The van der Waals surface area contributed by atoms with Crippen LogP contribution in [0.15, 0.2) is 0 Å². The minimum atomic E-state index is 0. The van der Waals surface area contributed by atoms with E-state index in [0.717, 1.165) is 5.06 Å². The van der Waals surface area contributed by atoms with E-state index in [-0.39, 0.29) is 60.5 Å². The predicted octanol–water partition coefficient (Wildman–Crippen LogP) is -2.04. The Morgan fingerprint density at radius 1 is 1.00 bits per heavy atom. The van der Waals surface area contributed by atoms with Crippen LogP contribution in [0.3, 0.4) is 0 Å². The third-order valence-corrected chi connectivity index (χ3v) is 1.02. The first-order valence-electron chi connectivity index (χ1n) is 3.01. The van der Waals surface area contributed by atoms with E-state index >= 15 is 0 Å². The van der Waals surface area contributed by atoms with Gasteiger partial charge in [-0.15, -0.1) is 0 Å². The van der Waals surface area contributed by atoms with Gasteiger partial charge in [0.25, 0.3) is 0 Å². The van der Waals surface area contributed by atoms with Crippen LogP contribution >= 0.6 is 0 Å². The predicted molar refractivity (Wildman–Crippen MR) is 42.6 cm³/mol. The monoisotopic (exact) mass is 147 g/mol. The van der Waals surface area contributed by atoms with Gasteiger partial charge < -0.3 is 10.3 Å². The molecule has 0 aliphatic rings. The van der Waals surface area contributed by atoms with Crippen LogP contribution in [0.1, 0.15) is 27.7 Å². The fraction of sp³-hybridized carbons (Fsp3) is 1.00. The third-order valence-electron chi connectivity index (χ3n) is 1.02. The Bertz CT molecular complexity index is 62.8. The van der Waals surface area contributed by atoms with Crippen LogP contribution in [0.5, 0.6) is 0 Å². The molecule has 0 spiro atoms. The van der Waals surface area contributed by atoms with Crippen molar-refractivity contribution in [1.29, 1.82) is 0 Å². The first-order valence-corrected chi connectivity index (χ1v) is 3.01. The number of nitrogens with zero attached hydrogens (tertiary/aromatic N) is 1. The average molecular weight is 147 g/mol. The molecule has 0 fully saturated rings. The topological polar surface area (TPSA) is 26.3 Å². The Balaban J connectivity index is -0.000000245. The summed E-state index contributed by atoms with van der Waals surface area (Å²) in [5.74, 6) is 0. The zero-order valence-corrected chi connectivity index (χ0v) is 9.01. The van der Waals surface area contributed by atoms with Crippen LogP contribution in [0.25, 0.3) is 0 Å². The summed E-state index contributed by atoms with van der Waals surface area (Å²) in [5.41, 5.74) is 0. The van der Waals surface area contributed by atoms with Gasteiger partial charge in [-0.3, -0.25) is 0 Å². The molecule has 0 amide bonds. The maximum Gasteiger partial charge on any atom is 1.00 e. The maximum absolute atomic E-state index is 10.8. The smallest absolute Gasteiger partial charge is 1.00 e. The number of rotatable bonds is 2. The van der Waals surface area contributed by atoms with Crippen molar-refractivity contribution < 1.29 is 29.6 Å². The van der Waals surface area contributed by atoms with E-state index in [0.29, 0.717) is 0 Å². The summed E-state index contributed by atoms with van der Waals surface area (Å²) in [6.45, 7) is 7.58. The summed E-state index contributed by atoms with van der Waals surface area (Å²) in [4.78, 5) is 0. The van der Waals surface area contributed by atoms with E-state index in [1.807, 2.05) is 27.7 Å². The molecule has 0 aromatic heterocycles. The first kappa shape index (κ1) is 17.6. The second-order valence-electron chi connectivity index (χ2n) is 2.55. The fourth-order valence-electron chi connectivity index (χ4n) is 0.596. The van der Waals surface area contributed by atoms with Crippen LogP contribution < -0.4 is 29.6 Å². The minimum Gasteiger partial charge on any atom is 1.00 e. The van der Waals surface area contributed by atoms with Crippen LogP contribution in [0, 0.1) is 5.21 Å². The van der Waals surface area contributed by atoms with E-state index in [2.05, 4.69) is 0 Å². The van der Waals surface area contributed by atoms with E-state index in [4.69, 9.17) is 0 Å². The quantitative estimate of drug-likeness (QED) is 0.332. The summed E-state index contributed by atoms with van der Waals surface area (Å²) < 4.78 is 0. The van der Waals surface area contributed by atoms with Crippen LogP contribution in [0.4, 0.5) is 0 Å². The number of hydrogen-bond donors (Lipinski definition) is 0. The summed E-state index contributed by atoms with van der Waals surface area (Å²) in [6, 6.07) is 0.241. The molecule has 0 unspecified atom stereocenters. The van der Waals surface area contributed by atoms with Gasteiger partial charge in [0.2, 0.25) is 0 Å². The van der Waals surface area contributed by atoms with Gasteiger partial charge in [0.05, 0.1) is 0 Å². The van der Waals surface area contributed by atoms with Crippen molar-refractivity contribution in [2.24, 2.45) is 0 Å². The first-order chi connectivity index (χ1) is 3.55. The second-order valence-corrected chi connectivity index (χ2v) is 2.55. The molecule has 0 aromatic rings. The summed E-state index contributed by atoms with van der Waals surface area (Å²) in [7, 11) is 0.